The van der Waals surface area contributed by atoms with Crippen molar-refractivity contribution >= 4 is 33.2 Å². The first-order valence-electron chi connectivity index (χ1n) is 6.98. The molecule has 2 rings (SSSR count). The van der Waals surface area contributed by atoms with Crippen LogP contribution in [0.5, 0.6) is 5.75 Å². The first-order chi connectivity index (χ1) is 11.1. The summed E-state index contributed by atoms with van der Waals surface area (Å²) in [4.78, 5) is 22.2. The van der Waals surface area contributed by atoms with Gasteiger partial charge in [-0.15, -0.1) is 0 Å². The number of carbonyl (C=O) groups is 1. The molecule has 1 N–H and O–H groups in total. The Balaban J connectivity index is 1.79. The number of anilines is 1. The van der Waals surface area contributed by atoms with E-state index in [4.69, 9.17) is 4.74 Å². The maximum atomic E-state index is 11.9. The zero-order valence-electron chi connectivity index (χ0n) is 12.2. The summed E-state index contributed by atoms with van der Waals surface area (Å²) in [7, 11) is 0. The van der Waals surface area contributed by atoms with Crippen LogP contribution >= 0.6 is 15.9 Å². The zero-order valence-corrected chi connectivity index (χ0v) is 13.8. The van der Waals surface area contributed by atoms with Gasteiger partial charge in [-0.25, -0.2) is 0 Å². The van der Waals surface area contributed by atoms with Crippen LogP contribution in [-0.2, 0) is 4.79 Å². The lowest BCUT2D eigenvalue weighted by atomic mass is 10.2. The summed E-state index contributed by atoms with van der Waals surface area (Å²) in [6.07, 6.45) is 0.726. The second-order valence-corrected chi connectivity index (χ2v) is 5.56. The number of nitrogens with one attached hydrogen (secondary N) is 1. The number of hydrogen-bond acceptors (Lipinski definition) is 4. The predicted molar refractivity (Wildman–Crippen MR) is 90.6 cm³/mol. The highest BCUT2D eigenvalue weighted by atomic mass is 79.9. The average molecular weight is 379 g/mol. The van der Waals surface area contributed by atoms with Crippen molar-refractivity contribution < 1.29 is 14.5 Å². The van der Waals surface area contributed by atoms with Gasteiger partial charge in [0.2, 0.25) is 5.91 Å². The largest absolute Gasteiger partial charge is 0.487 e. The number of hydrogen-bond donors (Lipinski definition) is 1. The summed E-state index contributed by atoms with van der Waals surface area (Å²) in [5, 5.41) is 13.6. The molecule has 0 atom stereocenters. The van der Waals surface area contributed by atoms with Gasteiger partial charge in [-0.1, -0.05) is 24.3 Å². The van der Waals surface area contributed by atoms with Crippen LogP contribution in [0.2, 0.25) is 0 Å². The van der Waals surface area contributed by atoms with E-state index in [0.29, 0.717) is 12.1 Å². The summed E-state index contributed by atoms with van der Waals surface area (Å²) in [6, 6.07) is 13.5. The second kappa shape index (κ2) is 8.28. The molecule has 0 aliphatic heterocycles. The molecule has 6 nitrogen and oxygen atoms in total. The van der Waals surface area contributed by atoms with Crippen molar-refractivity contribution in [3.8, 4) is 5.75 Å². The van der Waals surface area contributed by atoms with Gasteiger partial charge < -0.3 is 10.1 Å². The molecule has 120 valence electrons. The first kappa shape index (κ1) is 17.0. The Morgan fingerprint density at radius 2 is 1.87 bits per heavy atom. The molecule has 2 aromatic rings. The number of para-hydroxylation sites is 3. The monoisotopic (exact) mass is 378 g/mol. The topological polar surface area (TPSA) is 81.5 Å². The van der Waals surface area contributed by atoms with E-state index in [-0.39, 0.29) is 30.4 Å². The molecule has 0 fully saturated rings. The standard InChI is InChI=1S/C16H15BrN2O4/c17-12-6-1-2-7-13(12)18-16(20)10-5-11-23-15-9-4-3-8-14(15)19(21)22/h1-4,6-9H,5,10-11H2,(H,18,20). The maximum Gasteiger partial charge on any atom is 0.310 e. The first-order valence-corrected chi connectivity index (χ1v) is 7.78. The number of amides is 1. The molecule has 0 spiro atoms. The molecule has 0 aromatic heterocycles. The predicted octanol–water partition coefficient (Wildman–Crippen LogP) is 4.16. The lowest BCUT2D eigenvalue weighted by molar-refractivity contribution is -0.385. The van der Waals surface area contributed by atoms with Gasteiger partial charge >= 0.3 is 5.69 Å². The molecule has 7 heteroatoms. The van der Waals surface area contributed by atoms with E-state index in [2.05, 4.69) is 21.2 Å². The van der Waals surface area contributed by atoms with Gasteiger partial charge in [0.15, 0.2) is 5.75 Å². The third-order valence-corrected chi connectivity index (χ3v) is 3.71. The lowest BCUT2D eigenvalue weighted by Gasteiger charge is -2.08. The molecule has 0 radical (unpaired) electrons. The molecule has 0 aliphatic rings. The van der Waals surface area contributed by atoms with Crippen molar-refractivity contribution in [3.05, 3.63) is 63.1 Å². The Morgan fingerprint density at radius 1 is 1.17 bits per heavy atom. The molecule has 2 aromatic carbocycles. The summed E-state index contributed by atoms with van der Waals surface area (Å²) in [5.74, 6) is 0.0757. The van der Waals surface area contributed by atoms with Gasteiger partial charge in [0.25, 0.3) is 0 Å². The molecule has 0 saturated heterocycles. The Kier molecular flexibility index (Phi) is 6.10. The van der Waals surface area contributed by atoms with Crippen LogP contribution in [0.1, 0.15) is 12.8 Å². The SMILES string of the molecule is O=C(CCCOc1ccccc1[N+](=O)[O-])Nc1ccccc1Br. The van der Waals surface area contributed by atoms with Gasteiger partial charge in [0, 0.05) is 17.0 Å². The van der Waals surface area contributed by atoms with Crippen molar-refractivity contribution in [2.45, 2.75) is 12.8 Å². The van der Waals surface area contributed by atoms with Gasteiger partial charge in [-0.05, 0) is 40.5 Å². The van der Waals surface area contributed by atoms with E-state index >= 15 is 0 Å². The van der Waals surface area contributed by atoms with Crippen LogP contribution < -0.4 is 10.1 Å². The molecule has 0 saturated carbocycles. The van der Waals surface area contributed by atoms with E-state index < -0.39 is 4.92 Å². The van der Waals surface area contributed by atoms with E-state index in [9.17, 15) is 14.9 Å². The smallest absolute Gasteiger partial charge is 0.310 e. The highest BCUT2D eigenvalue weighted by Gasteiger charge is 2.13. The van der Waals surface area contributed by atoms with Crippen LogP contribution in [0.3, 0.4) is 0 Å². The normalized spacial score (nSPS) is 10.1. The summed E-state index contributed by atoms with van der Waals surface area (Å²) in [5.41, 5.74) is 0.627. The Bertz CT molecular complexity index is 706. The van der Waals surface area contributed by atoms with E-state index in [1.54, 1.807) is 24.3 Å². The lowest BCUT2D eigenvalue weighted by Crippen LogP contribution is -2.13. The number of ether oxygens (including phenoxy) is 1. The molecule has 0 bridgehead atoms. The fourth-order valence-corrected chi connectivity index (χ4v) is 2.30. The minimum atomic E-state index is -0.491. The van der Waals surface area contributed by atoms with Gasteiger partial charge in [-0.2, -0.15) is 0 Å². The third-order valence-electron chi connectivity index (χ3n) is 3.02. The molecule has 0 unspecified atom stereocenters. The highest BCUT2D eigenvalue weighted by molar-refractivity contribution is 9.10. The van der Waals surface area contributed by atoms with Crippen molar-refractivity contribution in [1.29, 1.82) is 0 Å². The fourth-order valence-electron chi connectivity index (χ4n) is 1.92. The van der Waals surface area contributed by atoms with Gasteiger partial charge in [-0.3, -0.25) is 14.9 Å². The molecular weight excluding hydrogens is 364 g/mol. The van der Waals surface area contributed by atoms with Crippen molar-refractivity contribution in [2.75, 3.05) is 11.9 Å². The Morgan fingerprint density at radius 3 is 2.61 bits per heavy atom. The van der Waals surface area contributed by atoms with Crippen LogP contribution in [0, 0.1) is 10.1 Å². The second-order valence-electron chi connectivity index (χ2n) is 4.70. The fraction of sp³-hybridized carbons (Fsp3) is 0.188. The third kappa shape index (κ3) is 5.07. The summed E-state index contributed by atoms with van der Waals surface area (Å²) >= 11 is 3.36. The summed E-state index contributed by atoms with van der Waals surface area (Å²) < 4.78 is 6.20. The molecule has 23 heavy (non-hydrogen) atoms. The highest BCUT2D eigenvalue weighted by Crippen LogP contribution is 2.26. The number of nitro groups is 1. The van der Waals surface area contributed by atoms with Crippen LogP contribution in [0.4, 0.5) is 11.4 Å². The van der Waals surface area contributed by atoms with Gasteiger partial charge in [0.05, 0.1) is 17.2 Å². The zero-order chi connectivity index (χ0) is 16.7. The van der Waals surface area contributed by atoms with E-state index in [0.717, 1.165) is 4.47 Å². The van der Waals surface area contributed by atoms with E-state index in [1.165, 1.54) is 6.07 Å². The number of nitro benzene ring substituents is 1. The van der Waals surface area contributed by atoms with Crippen LogP contribution in [-0.4, -0.2) is 17.4 Å². The van der Waals surface area contributed by atoms with Crippen molar-refractivity contribution in [1.82, 2.24) is 0 Å². The number of nitrogens with zero attached hydrogens (tertiary/aromatic N) is 1. The number of rotatable bonds is 7. The molecule has 0 aliphatic carbocycles. The van der Waals surface area contributed by atoms with Crippen LogP contribution in [0.15, 0.2) is 53.0 Å². The Hall–Kier alpha value is -2.41. The number of benzene rings is 2. The number of halogens is 1. The minimum absolute atomic E-state index is 0.0785. The minimum Gasteiger partial charge on any atom is -0.487 e. The van der Waals surface area contributed by atoms with Gasteiger partial charge in [0.1, 0.15) is 0 Å². The molecule has 0 heterocycles. The van der Waals surface area contributed by atoms with Crippen LogP contribution in [0.25, 0.3) is 0 Å². The average Bonchev–Trinajstić information content (AvgIpc) is 2.54. The quantitative estimate of drug-likeness (QED) is 0.445. The molecule has 1 amide bonds. The van der Waals surface area contributed by atoms with E-state index in [1.807, 2.05) is 18.2 Å². The van der Waals surface area contributed by atoms with Crippen molar-refractivity contribution in [2.24, 2.45) is 0 Å². The van der Waals surface area contributed by atoms with Crippen molar-refractivity contribution in [3.63, 3.8) is 0 Å². The Labute approximate surface area is 141 Å². The number of carbonyl (C=O) groups excluding carboxylic acids is 1. The summed E-state index contributed by atoms with van der Waals surface area (Å²) in [6.45, 7) is 0.230. The molecular formula is C16H15BrN2O4. The maximum absolute atomic E-state index is 11.9.